The molecule has 0 radical (unpaired) electrons. The highest BCUT2D eigenvalue weighted by molar-refractivity contribution is 7.17. The minimum atomic E-state index is -1.05. The van der Waals surface area contributed by atoms with Gasteiger partial charge in [-0.2, -0.15) is 0 Å². The number of hydrogen-bond donors (Lipinski definition) is 2. The quantitative estimate of drug-likeness (QED) is 0.234. The number of fused-ring (bicyclic) bond motifs is 1. The van der Waals surface area contributed by atoms with E-state index in [1.807, 2.05) is 0 Å². The Morgan fingerprint density at radius 3 is 2.22 bits per heavy atom. The van der Waals surface area contributed by atoms with Crippen LogP contribution >= 0.6 is 11.3 Å². The number of anilines is 1. The Balaban J connectivity index is 1.37. The van der Waals surface area contributed by atoms with Gasteiger partial charge in [-0.25, -0.2) is 13.6 Å². The molecule has 218 valence electrons. The number of carbonyl (C=O) groups is 3. The molecule has 2 aromatic carbocycles. The molecule has 0 bridgehead atoms. The Labute approximate surface area is 241 Å². The molecular formula is C30H32F2N2O6S. The van der Waals surface area contributed by atoms with Crippen LogP contribution < -0.4 is 20.1 Å². The first kappa shape index (κ1) is 30.0. The summed E-state index contributed by atoms with van der Waals surface area (Å²) >= 11 is 1.34. The van der Waals surface area contributed by atoms with Crippen LogP contribution in [-0.2, 0) is 27.2 Å². The summed E-state index contributed by atoms with van der Waals surface area (Å²) < 4.78 is 43.8. The maximum atomic E-state index is 14.0. The van der Waals surface area contributed by atoms with Crippen LogP contribution in [0.1, 0.15) is 48.0 Å². The second-order valence-electron chi connectivity index (χ2n) is 9.85. The smallest absolute Gasteiger partial charge is 0.347 e. The topological polar surface area (TPSA) is 103 Å². The molecule has 0 aliphatic heterocycles. The predicted molar refractivity (Wildman–Crippen MR) is 150 cm³/mol. The van der Waals surface area contributed by atoms with Gasteiger partial charge in [-0.1, -0.05) is 31.2 Å². The molecule has 1 aromatic heterocycles. The molecule has 3 aromatic rings. The average molecular weight is 587 g/mol. The van der Waals surface area contributed by atoms with E-state index < -0.39 is 41.6 Å². The highest BCUT2D eigenvalue weighted by atomic mass is 32.1. The standard InChI is InChI=1S/C30H32F2N2O6S/c1-17-12-13-20-25(16-17)41-29(34-27(35)18(2)39-23-10-6-4-8-21(23)31)26(20)28(36)33-14-15-38-30(37)19(3)40-24-11-7-5-9-22(24)32/h4-11,17-19H,12-16H2,1-3H3,(H,33,36)(H,34,35). The summed E-state index contributed by atoms with van der Waals surface area (Å²) in [5.41, 5.74) is 1.25. The van der Waals surface area contributed by atoms with Crippen LogP contribution in [0.5, 0.6) is 11.5 Å². The number of nitrogens with one attached hydrogen (secondary N) is 2. The molecule has 1 heterocycles. The summed E-state index contributed by atoms with van der Waals surface area (Å²) in [6.07, 6.45) is 0.307. The third kappa shape index (κ3) is 7.60. The van der Waals surface area contributed by atoms with Crippen molar-refractivity contribution in [2.24, 2.45) is 5.92 Å². The lowest BCUT2D eigenvalue weighted by Gasteiger charge is -2.19. The molecule has 3 unspecified atom stereocenters. The normalized spacial score (nSPS) is 15.7. The van der Waals surface area contributed by atoms with Crippen molar-refractivity contribution in [3.63, 3.8) is 0 Å². The van der Waals surface area contributed by atoms with Gasteiger partial charge >= 0.3 is 5.97 Å². The number of rotatable bonds is 11. The molecule has 1 aliphatic carbocycles. The lowest BCUT2D eigenvalue weighted by Crippen LogP contribution is -2.33. The zero-order valence-electron chi connectivity index (χ0n) is 23.0. The molecule has 2 N–H and O–H groups in total. The second kappa shape index (κ2) is 13.6. The summed E-state index contributed by atoms with van der Waals surface area (Å²) in [5, 5.41) is 5.93. The van der Waals surface area contributed by atoms with Crippen LogP contribution in [0.4, 0.5) is 13.8 Å². The molecular weight excluding hydrogens is 554 g/mol. The Morgan fingerprint density at radius 2 is 1.59 bits per heavy atom. The summed E-state index contributed by atoms with van der Waals surface area (Å²) in [6, 6.07) is 11.5. The van der Waals surface area contributed by atoms with Gasteiger partial charge in [0.25, 0.3) is 11.8 Å². The van der Waals surface area contributed by atoms with Crippen molar-refractivity contribution in [1.82, 2.24) is 5.32 Å². The monoisotopic (exact) mass is 586 g/mol. The molecule has 0 saturated carbocycles. The summed E-state index contributed by atoms with van der Waals surface area (Å²) in [4.78, 5) is 39.5. The Hall–Kier alpha value is -3.99. The largest absolute Gasteiger partial charge is 0.478 e. The van der Waals surface area contributed by atoms with Crippen molar-refractivity contribution in [2.75, 3.05) is 18.5 Å². The zero-order chi connectivity index (χ0) is 29.5. The molecule has 0 fully saturated rings. The van der Waals surface area contributed by atoms with Gasteiger partial charge in [0.05, 0.1) is 12.1 Å². The Kier molecular flexibility index (Phi) is 9.93. The first-order valence-corrected chi connectivity index (χ1v) is 14.2. The molecule has 0 saturated heterocycles. The molecule has 2 amide bonds. The SMILES string of the molecule is CC1CCc2c(sc(NC(=O)C(C)Oc3ccccc3F)c2C(=O)NCCOC(=O)C(C)Oc2ccccc2F)C1. The van der Waals surface area contributed by atoms with Crippen molar-refractivity contribution < 1.29 is 37.4 Å². The van der Waals surface area contributed by atoms with Gasteiger partial charge in [-0.05, 0) is 68.9 Å². The van der Waals surface area contributed by atoms with E-state index in [1.54, 1.807) is 12.1 Å². The van der Waals surface area contributed by atoms with E-state index >= 15 is 0 Å². The van der Waals surface area contributed by atoms with Crippen molar-refractivity contribution in [3.8, 4) is 11.5 Å². The molecule has 1 aliphatic rings. The molecule has 8 nitrogen and oxygen atoms in total. The molecule has 3 atom stereocenters. The van der Waals surface area contributed by atoms with E-state index in [2.05, 4.69) is 17.6 Å². The minimum absolute atomic E-state index is 0.0121. The fourth-order valence-corrected chi connectivity index (χ4v) is 5.79. The van der Waals surface area contributed by atoms with Gasteiger partial charge in [-0.3, -0.25) is 9.59 Å². The van der Waals surface area contributed by atoms with Crippen LogP contribution in [0.25, 0.3) is 0 Å². The van der Waals surface area contributed by atoms with Gasteiger partial charge in [0, 0.05) is 4.88 Å². The molecule has 4 rings (SSSR count). The van der Waals surface area contributed by atoms with Crippen LogP contribution in [0.3, 0.4) is 0 Å². The number of amides is 2. The van der Waals surface area contributed by atoms with Crippen LogP contribution in [0, 0.1) is 17.6 Å². The molecule has 11 heteroatoms. The van der Waals surface area contributed by atoms with E-state index in [9.17, 15) is 23.2 Å². The van der Waals surface area contributed by atoms with E-state index in [0.29, 0.717) is 22.9 Å². The number of carbonyl (C=O) groups excluding carboxylic acids is 3. The predicted octanol–water partition coefficient (Wildman–Crippen LogP) is 5.30. The summed E-state index contributed by atoms with van der Waals surface area (Å²) in [5.74, 6) is -2.49. The van der Waals surface area contributed by atoms with Crippen molar-refractivity contribution in [1.29, 1.82) is 0 Å². The maximum absolute atomic E-state index is 14.0. The van der Waals surface area contributed by atoms with Gasteiger partial charge in [0.1, 0.15) is 11.6 Å². The van der Waals surface area contributed by atoms with Gasteiger partial charge in [-0.15, -0.1) is 11.3 Å². The third-order valence-corrected chi connectivity index (χ3v) is 7.76. The summed E-state index contributed by atoms with van der Waals surface area (Å²) in [6.45, 7) is 4.96. The first-order valence-electron chi connectivity index (χ1n) is 13.4. The second-order valence-corrected chi connectivity index (χ2v) is 11.0. The van der Waals surface area contributed by atoms with Crippen molar-refractivity contribution in [3.05, 3.63) is 76.2 Å². The minimum Gasteiger partial charge on any atom is -0.478 e. The Bertz CT molecular complexity index is 1410. The van der Waals surface area contributed by atoms with Gasteiger partial charge < -0.3 is 24.8 Å². The van der Waals surface area contributed by atoms with E-state index in [0.717, 1.165) is 23.3 Å². The van der Waals surface area contributed by atoms with Crippen LogP contribution in [-0.4, -0.2) is 43.1 Å². The fraction of sp³-hybridized carbons (Fsp3) is 0.367. The van der Waals surface area contributed by atoms with Gasteiger partial charge in [0.15, 0.2) is 35.3 Å². The van der Waals surface area contributed by atoms with Crippen molar-refractivity contribution >= 4 is 34.1 Å². The number of hydrogen-bond acceptors (Lipinski definition) is 7. The number of esters is 1. The van der Waals surface area contributed by atoms with Gasteiger partial charge in [0.2, 0.25) is 0 Å². The number of para-hydroxylation sites is 2. The number of halogens is 2. The Morgan fingerprint density at radius 1 is 0.976 bits per heavy atom. The average Bonchev–Trinajstić information content (AvgIpc) is 3.29. The van der Waals surface area contributed by atoms with Crippen LogP contribution in [0.15, 0.2) is 48.5 Å². The highest BCUT2D eigenvalue weighted by Gasteiger charge is 2.29. The molecule has 0 spiro atoms. The van der Waals surface area contributed by atoms with E-state index in [1.165, 1.54) is 61.6 Å². The van der Waals surface area contributed by atoms with Crippen LogP contribution in [0.2, 0.25) is 0 Å². The van der Waals surface area contributed by atoms with E-state index in [-0.39, 0.29) is 24.7 Å². The highest BCUT2D eigenvalue weighted by Crippen LogP contribution is 2.39. The summed E-state index contributed by atoms with van der Waals surface area (Å²) in [7, 11) is 0. The first-order chi connectivity index (χ1) is 19.6. The lowest BCUT2D eigenvalue weighted by molar-refractivity contribution is -0.151. The number of thiophene rings is 1. The third-order valence-electron chi connectivity index (χ3n) is 6.59. The van der Waals surface area contributed by atoms with Crippen molar-refractivity contribution in [2.45, 2.75) is 52.2 Å². The maximum Gasteiger partial charge on any atom is 0.347 e. The van der Waals surface area contributed by atoms with E-state index in [4.69, 9.17) is 14.2 Å². The fourth-order valence-electron chi connectivity index (χ4n) is 4.38. The lowest BCUT2D eigenvalue weighted by atomic mass is 9.88. The molecule has 41 heavy (non-hydrogen) atoms. The number of benzene rings is 2. The zero-order valence-corrected chi connectivity index (χ0v) is 23.8. The number of ether oxygens (including phenoxy) is 3.